The molecule has 2 N–H and O–H groups in total. The minimum absolute atomic E-state index is 0.140. The van der Waals surface area contributed by atoms with E-state index < -0.39 is 6.10 Å². The van der Waals surface area contributed by atoms with Gasteiger partial charge in [-0.05, 0) is 18.5 Å². The largest absolute Gasteiger partial charge is 0.395 e. The number of rotatable bonds is 7. The Morgan fingerprint density at radius 2 is 1.88 bits per heavy atom. The lowest BCUT2D eigenvalue weighted by Crippen LogP contribution is -2.32. The Balaban J connectivity index is 2.50. The molecule has 0 aromatic heterocycles. The molecular formula is C13H21NO2. The summed E-state index contributed by atoms with van der Waals surface area (Å²) in [5, 5.41) is 18.9. The van der Waals surface area contributed by atoms with Crippen molar-refractivity contribution in [3.63, 3.8) is 0 Å². The van der Waals surface area contributed by atoms with Crippen LogP contribution in [0.2, 0.25) is 0 Å². The molecule has 0 heterocycles. The minimum Gasteiger partial charge on any atom is -0.395 e. The quantitative estimate of drug-likeness (QED) is 0.735. The van der Waals surface area contributed by atoms with Gasteiger partial charge in [0.15, 0.2) is 0 Å². The molecule has 16 heavy (non-hydrogen) atoms. The zero-order valence-electron chi connectivity index (χ0n) is 9.84. The molecule has 0 fully saturated rings. The number of benzene rings is 1. The van der Waals surface area contributed by atoms with Crippen LogP contribution in [0.5, 0.6) is 0 Å². The van der Waals surface area contributed by atoms with Gasteiger partial charge in [0, 0.05) is 13.1 Å². The van der Waals surface area contributed by atoms with Gasteiger partial charge in [-0.1, -0.05) is 37.3 Å². The fourth-order valence-corrected chi connectivity index (χ4v) is 1.78. The van der Waals surface area contributed by atoms with Crippen LogP contribution in [0.3, 0.4) is 0 Å². The van der Waals surface area contributed by atoms with E-state index in [-0.39, 0.29) is 6.61 Å². The number of nitrogens with zero attached hydrogens (tertiary/aromatic N) is 1. The topological polar surface area (TPSA) is 43.7 Å². The normalized spacial score (nSPS) is 13.0. The van der Waals surface area contributed by atoms with Crippen molar-refractivity contribution >= 4 is 0 Å². The number of hydrogen-bond acceptors (Lipinski definition) is 3. The van der Waals surface area contributed by atoms with Gasteiger partial charge in [0.2, 0.25) is 0 Å². The van der Waals surface area contributed by atoms with Crippen LogP contribution < -0.4 is 0 Å². The third kappa shape index (κ3) is 4.31. The first-order valence-electron chi connectivity index (χ1n) is 5.84. The van der Waals surface area contributed by atoms with Crippen LogP contribution in [0.15, 0.2) is 30.3 Å². The van der Waals surface area contributed by atoms with Crippen molar-refractivity contribution in [1.29, 1.82) is 0 Å². The molecule has 0 aliphatic heterocycles. The molecule has 1 aromatic rings. The molecule has 0 aliphatic carbocycles. The van der Waals surface area contributed by atoms with Crippen molar-refractivity contribution in [3.05, 3.63) is 35.9 Å². The van der Waals surface area contributed by atoms with Crippen LogP contribution in [0.1, 0.15) is 25.0 Å². The van der Waals surface area contributed by atoms with Crippen LogP contribution in [0.25, 0.3) is 0 Å². The van der Waals surface area contributed by atoms with E-state index in [1.165, 1.54) is 0 Å². The molecule has 0 saturated carbocycles. The maximum atomic E-state index is 10.0. The molecule has 0 aliphatic rings. The van der Waals surface area contributed by atoms with Crippen LogP contribution in [-0.2, 0) is 0 Å². The lowest BCUT2D eigenvalue weighted by molar-refractivity contribution is 0.0998. The van der Waals surface area contributed by atoms with Crippen molar-refractivity contribution in [3.8, 4) is 0 Å². The Morgan fingerprint density at radius 3 is 2.44 bits per heavy atom. The first kappa shape index (κ1) is 13.2. The third-order valence-electron chi connectivity index (χ3n) is 2.57. The second-order valence-electron chi connectivity index (χ2n) is 3.95. The summed E-state index contributed by atoms with van der Waals surface area (Å²) in [5.41, 5.74) is 0.932. The highest BCUT2D eigenvalue weighted by Crippen LogP contribution is 2.13. The Morgan fingerprint density at radius 1 is 1.19 bits per heavy atom. The zero-order valence-corrected chi connectivity index (χ0v) is 9.84. The van der Waals surface area contributed by atoms with E-state index in [0.29, 0.717) is 13.1 Å². The average Bonchev–Trinajstić information content (AvgIpc) is 2.31. The second kappa shape index (κ2) is 7.39. The summed E-state index contributed by atoms with van der Waals surface area (Å²) in [7, 11) is 0. The Labute approximate surface area is 97.3 Å². The molecule has 90 valence electrons. The summed E-state index contributed by atoms with van der Waals surface area (Å²) in [6.45, 7) is 4.35. The lowest BCUT2D eigenvalue weighted by Gasteiger charge is -2.23. The first-order valence-corrected chi connectivity index (χ1v) is 5.84. The molecule has 1 aromatic carbocycles. The van der Waals surface area contributed by atoms with Crippen molar-refractivity contribution in [1.82, 2.24) is 4.90 Å². The van der Waals surface area contributed by atoms with Gasteiger partial charge in [-0.15, -0.1) is 0 Å². The minimum atomic E-state index is -0.473. The monoisotopic (exact) mass is 223 g/mol. The predicted octanol–water partition coefficient (Wildman–Crippen LogP) is 1.42. The van der Waals surface area contributed by atoms with E-state index in [2.05, 4.69) is 11.8 Å². The van der Waals surface area contributed by atoms with Gasteiger partial charge in [0.1, 0.15) is 0 Å². The maximum Gasteiger partial charge on any atom is 0.0916 e. The molecule has 1 atom stereocenters. The molecule has 0 amide bonds. The van der Waals surface area contributed by atoms with E-state index in [9.17, 15) is 5.11 Å². The Hall–Kier alpha value is -0.900. The van der Waals surface area contributed by atoms with Gasteiger partial charge in [-0.2, -0.15) is 0 Å². The van der Waals surface area contributed by atoms with Crippen LogP contribution in [0, 0.1) is 0 Å². The van der Waals surface area contributed by atoms with Gasteiger partial charge in [0.25, 0.3) is 0 Å². The van der Waals surface area contributed by atoms with Crippen LogP contribution in [0.4, 0.5) is 0 Å². The summed E-state index contributed by atoms with van der Waals surface area (Å²) >= 11 is 0. The van der Waals surface area contributed by atoms with E-state index in [1.807, 2.05) is 30.3 Å². The smallest absolute Gasteiger partial charge is 0.0916 e. The lowest BCUT2D eigenvalue weighted by atomic mass is 10.1. The van der Waals surface area contributed by atoms with E-state index in [4.69, 9.17) is 5.11 Å². The second-order valence-corrected chi connectivity index (χ2v) is 3.95. The van der Waals surface area contributed by atoms with Crippen molar-refractivity contribution in [2.75, 3.05) is 26.2 Å². The van der Waals surface area contributed by atoms with E-state index >= 15 is 0 Å². The van der Waals surface area contributed by atoms with Gasteiger partial charge < -0.3 is 10.2 Å². The summed E-state index contributed by atoms with van der Waals surface area (Å²) < 4.78 is 0. The van der Waals surface area contributed by atoms with Crippen LogP contribution in [-0.4, -0.2) is 41.4 Å². The highest BCUT2D eigenvalue weighted by Gasteiger charge is 2.11. The van der Waals surface area contributed by atoms with Crippen molar-refractivity contribution < 1.29 is 10.2 Å². The molecule has 0 radical (unpaired) electrons. The van der Waals surface area contributed by atoms with Gasteiger partial charge in [-0.3, -0.25) is 4.90 Å². The van der Waals surface area contributed by atoms with Gasteiger partial charge in [-0.25, -0.2) is 0 Å². The summed E-state index contributed by atoms with van der Waals surface area (Å²) in [5.74, 6) is 0. The number of aliphatic hydroxyl groups excluding tert-OH is 2. The number of aliphatic hydroxyl groups is 2. The summed E-state index contributed by atoms with van der Waals surface area (Å²) in [4.78, 5) is 2.08. The predicted molar refractivity (Wildman–Crippen MR) is 65.2 cm³/mol. The number of hydrogen-bond donors (Lipinski definition) is 2. The molecule has 3 heteroatoms. The molecule has 1 rings (SSSR count). The van der Waals surface area contributed by atoms with Crippen molar-refractivity contribution in [2.24, 2.45) is 0 Å². The maximum absolute atomic E-state index is 10.0. The molecule has 0 spiro atoms. The van der Waals surface area contributed by atoms with E-state index in [0.717, 1.165) is 18.5 Å². The van der Waals surface area contributed by atoms with Crippen molar-refractivity contribution in [2.45, 2.75) is 19.4 Å². The molecular weight excluding hydrogens is 202 g/mol. The Bertz CT molecular complexity index is 271. The van der Waals surface area contributed by atoms with Gasteiger partial charge in [0.05, 0.1) is 12.7 Å². The molecule has 0 bridgehead atoms. The highest BCUT2D eigenvalue weighted by atomic mass is 16.3. The zero-order chi connectivity index (χ0) is 11.8. The summed E-state index contributed by atoms with van der Waals surface area (Å²) in [6.07, 6.45) is 0.556. The third-order valence-corrected chi connectivity index (χ3v) is 2.57. The highest BCUT2D eigenvalue weighted by molar-refractivity contribution is 5.17. The van der Waals surface area contributed by atoms with E-state index in [1.54, 1.807) is 0 Å². The SMILES string of the molecule is CCCN(CCO)CC(O)c1ccccc1. The van der Waals surface area contributed by atoms with Gasteiger partial charge >= 0.3 is 0 Å². The average molecular weight is 223 g/mol. The van der Waals surface area contributed by atoms with Crippen LogP contribution >= 0.6 is 0 Å². The summed E-state index contributed by atoms with van der Waals surface area (Å²) in [6, 6.07) is 9.64. The first-order chi connectivity index (χ1) is 7.77. The fraction of sp³-hybridized carbons (Fsp3) is 0.538. The fourth-order valence-electron chi connectivity index (χ4n) is 1.78. The standard InChI is InChI=1S/C13H21NO2/c1-2-8-14(9-10-15)11-13(16)12-6-4-3-5-7-12/h3-7,13,15-16H,2,8-11H2,1H3. The molecule has 1 unspecified atom stereocenters. The molecule has 3 nitrogen and oxygen atoms in total. The molecule has 0 saturated heterocycles. The Kier molecular flexibility index (Phi) is 6.08.